The summed E-state index contributed by atoms with van der Waals surface area (Å²) >= 11 is 5.03. The van der Waals surface area contributed by atoms with E-state index in [1.54, 1.807) is 41.3 Å². The van der Waals surface area contributed by atoms with Gasteiger partial charge in [0.05, 0.1) is 37.0 Å². The maximum Gasteiger partial charge on any atom is 0.338 e. The molecule has 0 amide bonds. The summed E-state index contributed by atoms with van der Waals surface area (Å²) in [6, 6.07) is 11.4. The van der Waals surface area contributed by atoms with Crippen LogP contribution in [0.2, 0.25) is 0 Å². The van der Waals surface area contributed by atoms with E-state index in [0.717, 1.165) is 32.5 Å². The molecular weight excluding hydrogens is 532 g/mol. The lowest BCUT2D eigenvalue weighted by molar-refractivity contribution is -0.0171. The number of halogens is 1. The van der Waals surface area contributed by atoms with E-state index in [1.165, 1.54) is 0 Å². The molecule has 3 heterocycles. The van der Waals surface area contributed by atoms with Crippen molar-refractivity contribution in [1.82, 2.24) is 9.55 Å². The van der Waals surface area contributed by atoms with Crippen molar-refractivity contribution >= 4 is 43.5 Å². The van der Waals surface area contributed by atoms with Crippen molar-refractivity contribution in [3.63, 3.8) is 0 Å². The molecule has 0 atom stereocenters. The van der Waals surface area contributed by atoms with Gasteiger partial charge in [-0.15, -0.1) is 11.3 Å². The van der Waals surface area contributed by atoms with Crippen LogP contribution in [0.15, 0.2) is 52.0 Å². The second-order valence-electron chi connectivity index (χ2n) is 8.07. The van der Waals surface area contributed by atoms with Crippen molar-refractivity contribution in [2.24, 2.45) is 0 Å². The van der Waals surface area contributed by atoms with Gasteiger partial charge in [-0.25, -0.2) is 9.78 Å². The number of hydrogen-bond donors (Lipinski definition) is 0. The Morgan fingerprint density at radius 3 is 2.77 bits per heavy atom. The average Bonchev–Trinajstić information content (AvgIpc) is 3.25. The van der Waals surface area contributed by atoms with E-state index in [2.05, 4.69) is 27.8 Å². The number of esters is 1. The van der Waals surface area contributed by atoms with E-state index in [4.69, 9.17) is 14.2 Å². The normalized spacial score (nSPS) is 12.9. The lowest BCUT2D eigenvalue weighted by atomic mass is 10.0. The zero-order valence-corrected chi connectivity index (χ0v) is 21.7. The minimum atomic E-state index is -0.425. The molecule has 0 unspecified atom stereocenters. The molecule has 0 spiro atoms. The van der Waals surface area contributed by atoms with Crippen molar-refractivity contribution in [1.29, 1.82) is 0 Å². The summed E-state index contributed by atoms with van der Waals surface area (Å²) in [6.45, 7) is 4.75. The number of rotatable bonds is 6. The van der Waals surface area contributed by atoms with Gasteiger partial charge in [0.15, 0.2) is 6.79 Å². The minimum absolute atomic E-state index is 0.114. The van der Waals surface area contributed by atoms with Crippen LogP contribution < -0.4 is 10.3 Å². The second-order valence-corrected chi connectivity index (χ2v) is 10.1. The third kappa shape index (κ3) is 4.51. The van der Waals surface area contributed by atoms with E-state index in [0.29, 0.717) is 33.7 Å². The number of aromatic nitrogens is 2. The third-order valence-corrected chi connectivity index (χ3v) is 7.62. The molecule has 35 heavy (non-hydrogen) atoms. The third-order valence-electron chi connectivity index (χ3n) is 5.84. The number of fused-ring (bicyclic) bond motifs is 2. The van der Waals surface area contributed by atoms with Crippen LogP contribution in [-0.2, 0) is 29.0 Å². The average molecular weight is 555 g/mol. The van der Waals surface area contributed by atoms with Crippen molar-refractivity contribution in [3.05, 3.63) is 79.1 Å². The Hall–Kier alpha value is -3.01. The molecule has 0 radical (unpaired) electrons. The number of carbonyl (C=O) groups is 1. The Bertz CT molecular complexity index is 1480. The number of benzene rings is 2. The highest BCUT2D eigenvalue weighted by molar-refractivity contribution is 9.10. The highest BCUT2D eigenvalue weighted by Crippen LogP contribution is 2.37. The molecular formula is C26H23BrN2O5S. The topological polar surface area (TPSA) is 79.7 Å². The minimum Gasteiger partial charge on any atom is -0.467 e. The van der Waals surface area contributed by atoms with Gasteiger partial charge in [-0.05, 0) is 43.2 Å². The van der Waals surface area contributed by atoms with E-state index in [-0.39, 0.29) is 25.5 Å². The Morgan fingerprint density at radius 1 is 1.23 bits per heavy atom. The molecule has 5 rings (SSSR count). The Kier molecular flexibility index (Phi) is 6.73. The maximum atomic E-state index is 13.8. The summed E-state index contributed by atoms with van der Waals surface area (Å²) < 4.78 is 18.9. The fraction of sp³-hybridized carbons (Fsp3) is 0.269. The van der Waals surface area contributed by atoms with Gasteiger partial charge in [-0.2, -0.15) is 0 Å². The van der Waals surface area contributed by atoms with E-state index < -0.39 is 5.97 Å². The van der Waals surface area contributed by atoms with Crippen molar-refractivity contribution in [2.45, 2.75) is 33.4 Å². The smallest absolute Gasteiger partial charge is 0.338 e. The fourth-order valence-electron chi connectivity index (χ4n) is 4.29. The van der Waals surface area contributed by atoms with E-state index in [1.807, 2.05) is 24.3 Å². The Balaban J connectivity index is 1.64. The van der Waals surface area contributed by atoms with Gasteiger partial charge in [-0.1, -0.05) is 35.0 Å². The number of hydrogen-bond acceptors (Lipinski definition) is 7. The maximum absolute atomic E-state index is 13.8. The lowest BCUT2D eigenvalue weighted by Crippen LogP contribution is -2.23. The van der Waals surface area contributed by atoms with Crippen LogP contribution in [0.5, 0.6) is 5.75 Å². The highest BCUT2D eigenvalue weighted by atomic mass is 79.9. The fourth-order valence-corrected chi connectivity index (χ4v) is 5.64. The molecule has 180 valence electrons. The lowest BCUT2D eigenvalue weighted by Gasteiger charge is -2.22. The molecule has 2 aromatic heterocycles. The molecule has 1 aliphatic heterocycles. The molecule has 7 nitrogen and oxygen atoms in total. The number of carbonyl (C=O) groups excluding carboxylic acids is 1. The highest BCUT2D eigenvalue weighted by Gasteiger charge is 2.22. The first-order valence-electron chi connectivity index (χ1n) is 11.3. The van der Waals surface area contributed by atoms with Crippen LogP contribution in [-0.4, -0.2) is 28.9 Å². The largest absolute Gasteiger partial charge is 0.467 e. The molecule has 4 aromatic rings. The molecule has 9 heteroatoms. The van der Waals surface area contributed by atoms with Crippen LogP contribution in [0, 0.1) is 0 Å². The Morgan fingerprint density at radius 2 is 2.03 bits per heavy atom. The van der Waals surface area contributed by atoms with Crippen molar-refractivity contribution in [3.8, 4) is 16.9 Å². The van der Waals surface area contributed by atoms with Crippen molar-refractivity contribution < 1.29 is 19.0 Å². The van der Waals surface area contributed by atoms with E-state index in [9.17, 15) is 9.59 Å². The predicted molar refractivity (Wildman–Crippen MR) is 138 cm³/mol. The quantitative estimate of drug-likeness (QED) is 0.291. The van der Waals surface area contributed by atoms with Crippen LogP contribution in [0.4, 0.5) is 0 Å². The van der Waals surface area contributed by atoms with Gasteiger partial charge in [0.1, 0.15) is 10.6 Å². The van der Waals surface area contributed by atoms with E-state index >= 15 is 0 Å². The molecule has 0 saturated heterocycles. The summed E-state index contributed by atoms with van der Waals surface area (Å²) in [5.74, 6) is 0.204. The summed E-state index contributed by atoms with van der Waals surface area (Å²) in [5.41, 5.74) is 3.63. The van der Waals surface area contributed by atoms with Gasteiger partial charge in [0, 0.05) is 26.0 Å². The summed E-state index contributed by atoms with van der Waals surface area (Å²) in [4.78, 5) is 32.7. The number of nitrogens with zero attached hydrogens (tertiary/aromatic N) is 2. The molecule has 0 saturated carbocycles. The standard InChI is InChI=1S/C26H23BrN2O5S/c1-3-20-21(15-5-7-19(27)8-6-15)22-24(35-20)28-13-29(25(22)30)11-17-9-16(26(31)33-4-2)10-18-12-32-14-34-23(17)18/h5-10,13H,3-4,11-12,14H2,1-2H3. The molecule has 0 N–H and O–H groups in total. The van der Waals surface area contributed by atoms with Crippen molar-refractivity contribution in [2.75, 3.05) is 13.4 Å². The van der Waals surface area contributed by atoms with Gasteiger partial charge in [-0.3, -0.25) is 9.36 Å². The Labute approximate surface area is 214 Å². The first-order chi connectivity index (χ1) is 17.0. The second kappa shape index (κ2) is 9.93. The van der Waals surface area contributed by atoms with Crippen LogP contribution in [0.25, 0.3) is 21.3 Å². The van der Waals surface area contributed by atoms with Gasteiger partial charge in [0.25, 0.3) is 5.56 Å². The molecule has 0 aliphatic carbocycles. The zero-order chi connectivity index (χ0) is 24.5. The SMILES string of the molecule is CCOC(=O)c1cc2c(c(Cn3cnc4sc(CC)c(-c5ccc(Br)cc5)c4c3=O)c1)OCOC2. The van der Waals surface area contributed by atoms with Crippen LogP contribution in [0.1, 0.15) is 40.2 Å². The predicted octanol–water partition coefficient (Wildman–Crippen LogP) is 5.54. The summed E-state index contributed by atoms with van der Waals surface area (Å²) in [6.07, 6.45) is 2.36. The monoisotopic (exact) mass is 554 g/mol. The number of thiophene rings is 1. The summed E-state index contributed by atoms with van der Waals surface area (Å²) in [7, 11) is 0. The molecule has 0 fully saturated rings. The molecule has 2 aromatic carbocycles. The number of ether oxygens (including phenoxy) is 3. The van der Waals surface area contributed by atoms with Crippen LogP contribution >= 0.6 is 27.3 Å². The van der Waals surface area contributed by atoms with Gasteiger partial charge >= 0.3 is 5.97 Å². The molecule has 0 bridgehead atoms. The number of aryl methyl sites for hydroxylation is 1. The molecule has 1 aliphatic rings. The van der Waals surface area contributed by atoms with Gasteiger partial charge in [0.2, 0.25) is 0 Å². The van der Waals surface area contributed by atoms with Gasteiger partial charge < -0.3 is 14.2 Å². The summed E-state index contributed by atoms with van der Waals surface area (Å²) in [5, 5.41) is 0.608. The zero-order valence-electron chi connectivity index (χ0n) is 19.3. The van der Waals surface area contributed by atoms with Crippen LogP contribution in [0.3, 0.4) is 0 Å². The first-order valence-corrected chi connectivity index (χ1v) is 12.9. The first kappa shape index (κ1) is 23.7.